The monoisotopic (exact) mass is 395 g/mol. The Labute approximate surface area is 169 Å². The first-order valence-electron chi connectivity index (χ1n) is 9.52. The first-order valence-corrected chi connectivity index (χ1v) is 9.90. The minimum Gasteiger partial charge on any atom is -0.494 e. The summed E-state index contributed by atoms with van der Waals surface area (Å²) in [6, 6.07) is 19.7. The second-order valence-electron chi connectivity index (χ2n) is 6.90. The number of rotatable bonds is 6. The van der Waals surface area contributed by atoms with Crippen LogP contribution < -0.4 is 14.8 Å². The third-order valence-corrected chi connectivity index (χ3v) is 5.12. The summed E-state index contributed by atoms with van der Waals surface area (Å²) in [7, 11) is 0. The van der Waals surface area contributed by atoms with Gasteiger partial charge in [0.1, 0.15) is 11.5 Å². The molecular formula is C23H22ClNO3. The van der Waals surface area contributed by atoms with E-state index >= 15 is 0 Å². The highest BCUT2D eigenvalue weighted by atomic mass is 35.5. The number of carbonyl (C=O) groups is 1. The smallest absolute Gasteiger partial charge is 0.220 e. The van der Waals surface area contributed by atoms with Crippen molar-refractivity contribution in [1.82, 2.24) is 5.32 Å². The van der Waals surface area contributed by atoms with Crippen LogP contribution in [-0.2, 0) is 4.79 Å². The maximum atomic E-state index is 12.4. The van der Waals surface area contributed by atoms with Crippen LogP contribution in [0.3, 0.4) is 0 Å². The van der Waals surface area contributed by atoms with Crippen molar-refractivity contribution in [3.8, 4) is 11.5 Å². The van der Waals surface area contributed by atoms with Gasteiger partial charge in [0.2, 0.25) is 5.91 Å². The van der Waals surface area contributed by atoms with E-state index in [9.17, 15) is 4.79 Å². The molecule has 1 heterocycles. The van der Waals surface area contributed by atoms with E-state index < -0.39 is 0 Å². The van der Waals surface area contributed by atoms with Crippen LogP contribution >= 0.6 is 11.6 Å². The molecule has 1 N–H and O–H groups in total. The topological polar surface area (TPSA) is 47.6 Å². The number of nitrogens with one attached hydrogen (secondary N) is 1. The first-order chi connectivity index (χ1) is 13.7. The number of fused-ring (bicyclic) bond motifs is 2. The van der Waals surface area contributed by atoms with E-state index in [0.717, 1.165) is 28.9 Å². The third-order valence-electron chi connectivity index (χ3n) is 4.88. The highest BCUT2D eigenvalue weighted by molar-refractivity contribution is 6.30. The molecule has 4 rings (SSSR count). The standard InChI is InChI=1S/C23H22ClNO3/c24-18-8-10-22-20(15-18)21(11-13-28-22)25-23(26)6-3-12-27-19-9-7-16-4-1-2-5-17(16)14-19/h1-2,4-5,7-10,14-15,21H,3,6,11-13H2,(H,25,26). The summed E-state index contributed by atoms with van der Waals surface area (Å²) in [6.07, 6.45) is 1.82. The van der Waals surface area contributed by atoms with Crippen molar-refractivity contribution in [2.45, 2.75) is 25.3 Å². The van der Waals surface area contributed by atoms with E-state index in [0.29, 0.717) is 31.1 Å². The molecule has 1 amide bonds. The lowest BCUT2D eigenvalue weighted by Gasteiger charge is -2.27. The van der Waals surface area contributed by atoms with E-state index in [1.165, 1.54) is 5.39 Å². The minimum absolute atomic E-state index is 0.0138. The predicted octanol–water partition coefficient (Wildman–Crippen LogP) is 5.29. The Morgan fingerprint density at radius 2 is 1.96 bits per heavy atom. The summed E-state index contributed by atoms with van der Waals surface area (Å²) < 4.78 is 11.4. The van der Waals surface area contributed by atoms with Crippen LogP contribution in [0.15, 0.2) is 60.7 Å². The second-order valence-corrected chi connectivity index (χ2v) is 7.34. The number of amides is 1. The van der Waals surface area contributed by atoms with Crippen LogP contribution in [-0.4, -0.2) is 19.1 Å². The van der Waals surface area contributed by atoms with Crippen LogP contribution in [0, 0.1) is 0 Å². The second kappa shape index (κ2) is 8.53. The van der Waals surface area contributed by atoms with E-state index in [4.69, 9.17) is 21.1 Å². The van der Waals surface area contributed by atoms with Crippen LogP contribution in [0.2, 0.25) is 5.02 Å². The molecule has 28 heavy (non-hydrogen) atoms. The molecule has 4 nitrogen and oxygen atoms in total. The highest BCUT2D eigenvalue weighted by Crippen LogP contribution is 2.34. The molecule has 3 aromatic carbocycles. The minimum atomic E-state index is -0.0589. The summed E-state index contributed by atoms with van der Waals surface area (Å²) in [4.78, 5) is 12.4. The Hall–Kier alpha value is -2.72. The van der Waals surface area contributed by atoms with Gasteiger partial charge < -0.3 is 14.8 Å². The van der Waals surface area contributed by atoms with Crippen molar-refractivity contribution >= 4 is 28.3 Å². The molecule has 0 radical (unpaired) electrons. The summed E-state index contributed by atoms with van der Waals surface area (Å²) in [5, 5.41) is 6.07. The fourth-order valence-corrected chi connectivity index (χ4v) is 3.64. The average molecular weight is 396 g/mol. The molecule has 0 saturated heterocycles. The maximum Gasteiger partial charge on any atom is 0.220 e. The molecule has 144 valence electrons. The zero-order valence-electron chi connectivity index (χ0n) is 15.5. The molecule has 0 saturated carbocycles. The fourth-order valence-electron chi connectivity index (χ4n) is 3.46. The third kappa shape index (κ3) is 4.39. The van der Waals surface area contributed by atoms with E-state index in [1.807, 2.05) is 42.5 Å². The molecule has 1 unspecified atom stereocenters. The van der Waals surface area contributed by atoms with Gasteiger partial charge in [-0.15, -0.1) is 0 Å². The van der Waals surface area contributed by atoms with Crippen molar-refractivity contribution in [3.05, 3.63) is 71.2 Å². The number of ether oxygens (including phenoxy) is 2. The number of carbonyl (C=O) groups excluding carboxylic acids is 1. The van der Waals surface area contributed by atoms with Crippen LogP contribution in [0.25, 0.3) is 10.8 Å². The summed E-state index contributed by atoms with van der Waals surface area (Å²) in [6.45, 7) is 1.09. The van der Waals surface area contributed by atoms with Gasteiger partial charge in [-0.25, -0.2) is 0 Å². The van der Waals surface area contributed by atoms with Gasteiger partial charge in [0.15, 0.2) is 0 Å². The molecule has 1 atom stereocenters. The lowest BCUT2D eigenvalue weighted by Crippen LogP contribution is -2.32. The quantitative estimate of drug-likeness (QED) is 0.576. The van der Waals surface area contributed by atoms with Gasteiger partial charge in [-0.1, -0.05) is 41.9 Å². The Balaban J connectivity index is 1.26. The average Bonchev–Trinajstić information content (AvgIpc) is 2.71. The van der Waals surface area contributed by atoms with Gasteiger partial charge >= 0.3 is 0 Å². The van der Waals surface area contributed by atoms with Gasteiger partial charge in [-0.05, 0) is 47.5 Å². The van der Waals surface area contributed by atoms with Crippen molar-refractivity contribution in [2.24, 2.45) is 0 Å². The molecule has 1 aliphatic rings. The van der Waals surface area contributed by atoms with Crippen molar-refractivity contribution in [3.63, 3.8) is 0 Å². The largest absolute Gasteiger partial charge is 0.494 e. The Kier molecular flexibility index (Phi) is 5.68. The lowest BCUT2D eigenvalue weighted by atomic mass is 10.0. The Bertz CT molecular complexity index is 988. The molecule has 1 aliphatic heterocycles. The number of hydrogen-bond acceptors (Lipinski definition) is 3. The first kappa shape index (κ1) is 18.6. The number of halogens is 1. The molecule has 5 heteroatoms. The van der Waals surface area contributed by atoms with Gasteiger partial charge in [0, 0.05) is 23.4 Å². The van der Waals surface area contributed by atoms with Crippen molar-refractivity contribution < 1.29 is 14.3 Å². The normalized spacial score (nSPS) is 15.5. The van der Waals surface area contributed by atoms with Crippen LogP contribution in [0.4, 0.5) is 0 Å². The molecule has 0 aromatic heterocycles. The van der Waals surface area contributed by atoms with Gasteiger partial charge in [0.05, 0.1) is 19.3 Å². The van der Waals surface area contributed by atoms with Gasteiger partial charge in [-0.3, -0.25) is 4.79 Å². The van der Waals surface area contributed by atoms with Gasteiger partial charge in [-0.2, -0.15) is 0 Å². The zero-order valence-corrected chi connectivity index (χ0v) is 16.2. The van der Waals surface area contributed by atoms with E-state index in [1.54, 1.807) is 6.07 Å². The number of benzene rings is 3. The maximum absolute atomic E-state index is 12.4. The zero-order chi connectivity index (χ0) is 19.3. The SMILES string of the molecule is O=C(CCCOc1ccc2ccccc2c1)NC1CCOc2ccc(Cl)cc21. The van der Waals surface area contributed by atoms with Crippen LogP contribution in [0.5, 0.6) is 11.5 Å². The van der Waals surface area contributed by atoms with Gasteiger partial charge in [0.25, 0.3) is 0 Å². The molecule has 3 aromatic rings. The summed E-state index contributed by atoms with van der Waals surface area (Å²) in [5.74, 6) is 1.63. The fraction of sp³-hybridized carbons (Fsp3) is 0.261. The summed E-state index contributed by atoms with van der Waals surface area (Å²) in [5.41, 5.74) is 0.944. The van der Waals surface area contributed by atoms with Crippen molar-refractivity contribution in [2.75, 3.05) is 13.2 Å². The van der Waals surface area contributed by atoms with Crippen molar-refractivity contribution in [1.29, 1.82) is 0 Å². The Morgan fingerprint density at radius 3 is 2.86 bits per heavy atom. The molecule has 0 fully saturated rings. The lowest BCUT2D eigenvalue weighted by molar-refractivity contribution is -0.122. The molecular weight excluding hydrogens is 374 g/mol. The van der Waals surface area contributed by atoms with Crippen LogP contribution in [0.1, 0.15) is 30.9 Å². The van der Waals surface area contributed by atoms with E-state index in [-0.39, 0.29) is 11.9 Å². The number of hydrogen-bond donors (Lipinski definition) is 1. The highest BCUT2D eigenvalue weighted by Gasteiger charge is 2.23. The predicted molar refractivity (Wildman–Crippen MR) is 111 cm³/mol. The molecule has 0 bridgehead atoms. The van der Waals surface area contributed by atoms with E-state index in [2.05, 4.69) is 17.4 Å². The molecule has 0 spiro atoms. The summed E-state index contributed by atoms with van der Waals surface area (Å²) >= 11 is 6.09. The molecule has 0 aliphatic carbocycles. The Morgan fingerprint density at radius 1 is 1.11 bits per heavy atom.